The summed E-state index contributed by atoms with van der Waals surface area (Å²) in [5.74, 6) is 0.0703. The Kier molecular flexibility index (Phi) is 9.49. The number of hydrogen-bond acceptors (Lipinski definition) is 7. The molecular weight excluding hydrogens is 426 g/mol. The number of aliphatic hydroxyl groups is 1. The molecule has 0 radical (unpaired) electrons. The lowest BCUT2D eigenvalue weighted by molar-refractivity contribution is -0.0559. The van der Waals surface area contributed by atoms with Crippen LogP contribution in [0.3, 0.4) is 0 Å². The van der Waals surface area contributed by atoms with Gasteiger partial charge in [-0.05, 0) is 32.9 Å². The van der Waals surface area contributed by atoms with Gasteiger partial charge in [0.2, 0.25) is 0 Å². The minimum absolute atomic E-state index is 0.112. The molecule has 33 heavy (non-hydrogen) atoms. The molecule has 8 heteroatoms. The zero-order chi connectivity index (χ0) is 24.6. The highest BCUT2D eigenvalue weighted by molar-refractivity contribution is 5.89. The number of amides is 1. The van der Waals surface area contributed by atoms with Crippen LogP contribution in [0.25, 0.3) is 0 Å². The third-order valence-electron chi connectivity index (χ3n) is 5.87. The number of carbonyl (C=O) groups is 2. The van der Waals surface area contributed by atoms with Crippen LogP contribution in [0, 0.1) is 5.92 Å². The van der Waals surface area contributed by atoms with E-state index in [1.54, 1.807) is 38.5 Å². The van der Waals surface area contributed by atoms with Crippen molar-refractivity contribution < 1.29 is 33.6 Å². The highest BCUT2D eigenvalue weighted by atomic mass is 16.6. The summed E-state index contributed by atoms with van der Waals surface area (Å²) in [4.78, 5) is 26.6. The number of methoxy groups -OCH3 is 2. The van der Waals surface area contributed by atoms with Crippen molar-refractivity contribution in [3.05, 3.63) is 59.4 Å². The second-order valence-corrected chi connectivity index (χ2v) is 8.47. The molecule has 4 atom stereocenters. The van der Waals surface area contributed by atoms with Crippen LogP contribution in [-0.2, 0) is 18.9 Å². The van der Waals surface area contributed by atoms with Gasteiger partial charge in [0, 0.05) is 31.1 Å². The highest BCUT2D eigenvalue weighted by Gasteiger charge is 2.32. The maximum Gasteiger partial charge on any atom is 0.412 e. The molecule has 4 unspecified atom stereocenters. The quantitative estimate of drug-likeness (QED) is 0.417. The Bertz CT molecular complexity index is 865. The summed E-state index contributed by atoms with van der Waals surface area (Å²) < 4.78 is 21.7. The summed E-state index contributed by atoms with van der Waals surface area (Å²) in [6.45, 7) is 7.37. The SMILES string of the molecule is COC1=C(CN(C(=O)OC(C)O)C(C)C(C)COC(=O)c2ccccc2)C=CC(C)(OC)C1. The maximum absolute atomic E-state index is 12.8. The third-order valence-corrected chi connectivity index (χ3v) is 5.87. The van der Waals surface area contributed by atoms with E-state index in [-0.39, 0.29) is 25.1 Å². The van der Waals surface area contributed by atoms with Gasteiger partial charge in [0.05, 0.1) is 31.4 Å². The predicted octanol–water partition coefficient (Wildman–Crippen LogP) is 3.91. The number of nitrogens with zero attached hydrogens (tertiary/aromatic N) is 1. The van der Waals surface area contributed by atoms with Gasteiger partial charge in [-0.2, -0.15) is 0 Å². The monoisotopic (exact) mass is 461 g/mol. The largest absolute Gasteiger partial charge is 0.501 e. The van der Waals surface area contributed by atoms with Gasteiger partial charge < -0.3 is 29.0 Å². The average Bonchev–Trinajstić information content (AvgIpc) is 2.81. The molecule has 1 amide bonds. The summed E-state index contributed by atoms with van der Waals surface area (Å²) in [5, 5.41) is 9.59. The van der Waals surface area contributed by atoms with E-state index in [2.05, 4.69) is 0 Å². The Labute approximate surface area is 195 Å². The molecule has 1 aliphatic carbocycles. The van der Waals surface area contributed by atoms with Gasteiger partial charge in [0.15, 0.2) is 6.29 Å². The third kappa shape index (κ3) is 7.33. The number of hydrogen-bond donors (Lipinski definition) is 1. The van der Waals surface area contributed by atoms with Gasteiger partial charge in [0.25, 0.3) is 0 Å². The van der Waals surface area contributed by atoms with E-state index in [0.717, 1.165) is 5.57 Å². The molecule has 0 saturated carbocycles. The average molecular weight is 462 g/mol. The van der Waals surface area contributed by atoms with Gasteiger partial charge in [-0.1, -0.05) is 37.3 Å². The first-order valence-corrected chi connectivity index (χ1v) is 11.0. The number of benzene rings is 1. The molecule has 1 aromatic rings. The molecule has 0 fully saturated rings. The van der Waals surface area contributed by atoms with Crippen molar-refractivity contribution >= 4 is 12.1 Å². The first-order valence-electron chi connectivity index (χ1n) is 11.0. The zero-order valence-electron chi connectivity index (χ0n) is 20.2. The van der Waals surface area contributed by atoms with E-state index in [0.29, 0.717) is 17.7 Å². The Morgan fingerprint density at radius 3 is 2.39 bits per heavy atom. The van der Waals surface area contributed by atoms with Gasteiger partial charge >= 0.3 is 12.1 Å². The standard InChI is InChI=1S/C25H35NO7/c1-17(16-32-23(28)20-10-8-7-9-11-20)18(2)26(24(29)33-19(3)27)15-21-12-13-25(4,31-6)14-22(21)30-5/h7-13,17-19,27H,14-16H2,1-6H3. The number of carbonyl (C=O) groups excluding carboxylic acids is 2. The van der Waals surface area contributed by atoms with Crippen molar-refractivity contribution in [1.82, 2.24) is 4.90 Å². The van der Waals surface area contributed by atoms with Gasteiger partial charge in [-0.25, -0.2) is 9.59 Å². The van der Waals surface area contributed by atoms with Crippen LogP contribution in [0.1, 0.15) is 44.5 Å². The topological polar surface area (TPSA) is 94.5 Å². The molecule has 1 N–H and O–H groups in total. The van der Waals surface area contributed by atoms with Crippen LogP contribution in [0.15, 0.2) is 53.8 Å². The fourth-order valence-electron chi connectivity index (χ4n) is 3.43. The van der Waals surface area contributed by atoms with Crippen molar-refractivity contribution in [2.75, 3.05) is 27.4 Å². The van der Waals surface area contributed by atoms with E-state index in [1.807, 2.05) is 39.0 Å². The fraction of sp³-hybridized carbons (Fsp3) is 0.520. The van der Waals surface area contributed by atoms with E-state index < -0.39 is 24.0 Å². The van der Waals surface area contributed by atoms with Crippen molar-refractivity contribution in [3.63, 3.8) is 0 Å². The van der Waals surface area contributed by atoms with Gasteiger partial charge in [-0.15, -0.1) is 0 Å². The molecule has 0 aliphatic heterocycles. The summed E-state index contributed by atoms with van der Waals surface area (Å²) in [7, 11) is 3.22. The van der Waals surface area contributed by atoms with Crippen molar-refractivity contribution in [1.29, 1.82) is 0 Å². The molecule has 0 saturated heterocycles. The van der Waals surface area contributed by atoms with Crippen LogP contribution in [-0.4, -0.2) is 67.4 Å². The Hall–Kier alpha value is -2.84. The van der Waals surface area contributed by atoms with Crippen LogP contribution in [0.4, 0.5) is 4.79 Å². The second kappa shape index (κ2) is 11.9. The van der Waals surface area contributed by atoms with Crippen LogP contribution in [0.2, 0.25) is 0 Å². The lowest BCUT2D eigenvalue weighted by Gasteiger charge is -2.35. The minimum Gasteiger partial charge on any atom is -0.501 e. The van der Waals surface area contributed by atoms with Gasteiger partial charge in [0.1, 0.15) is 5.76 Å². The molecule has 1 aromatic carbocycles. The maximum atomic E-state index is 12.8. The van der Waals surface area contributed by atoms with E-state index in [4.69, 9.17) is 18.9 Å². The molecule has 0 spiro atoms. The Balaban J connectivity index is 2.16. The van der Waals surface area contributed by atoms with Gasteiger partial charge in [-0.3, -0.25) is 0 Å². The molecule has 182 valence electrons. The van der Waals surface area contributed by atoms with E-state index >= 15 is 0 Å². The second-order valence-electron chi connectivity index (χ2n) is 8.47. The fourth-order valence-corrected chi connectivity index (χ4v) is 3.43. The summed E-state index contributed by atoms with van der Waals surface area (Å²) >= 11 is 0. The molecular formula is C25H35NO7. The zero-order valence-corrected chi connectivity index (χ0v) is 20.2. The molecule has 0 heterocycles. The summed E-state index contributed by atoms with van der Waals surface area (Å²) in [5.41, 5.74) is 0.769. The lowest BCUT2D eigenvalue weighted by atomic mass is 9.91. The predicted molar refractivity (Wildman–Crippen MR) is 123 cm³/mol. The highest BCUT2D eigenvalue weighted by Crippen LogP contribution is 2.31. The Morgan fingerprint density at radius 2 is 1.82 bits per heavy atom. The lowest BCUT2D eigenvalue weighted by Crippen LogP contribution is -2.46. The minimum atomic E-state index is -1.26. The number of ether oxygens (including phenoxy) is 4. The molecule has 0 bridgehead atoms. The molecule has 0 aromatic heterocycles. The van der Waals surface area contributed by atoms with E-state index in [9.17, 15) is 14.7 Å². The van der Waals surface area contributed by atoms with Crippen molar-refractivity contribution in [2.45, 2.75) is 52.0 Å². The first kappa shape index (κ1) is 26.4. The summed E-state index contributed by atoms with van der Waals surface area (Å²) in [6.07, 6.45) is 2.40. The smallest absolute Gasteiger partial charge is 0.412 e. The number of rotatable bonds is 10. The Morgan fingerprint density at radius 1 is 1.15 bits per heavy atom. The van der Waals surface area contributed by atoms with Crippen LogP contribution >= 0.6 is 0 Å². The van der Waals surface area contributed by atoms with Crippen molar-refractivity contribution in [2.24, 2.45) is 5.92 Å². The summed E-state index contributed by atoms with van der Waals surface area (Å²) in [6, 6.07) is 8.36. The normalized spacial score (nSPS) is 20.6. The first-order chi connectivity index (χ1) is 15.6. The van der Waals surface area contributed by atoms with Crippen LogP contribution in [0.5, 0.6) is 0 Å². The van der Waals surface area contributed by atoms with Crippen LogP contribution < -0.4 is 0 Å². The molecule has 8 nitrogen and oxygen atoms in total. The number of aliphatic hydroxyl groups excluding tert-OH is 1. The van der Waals surface area contributed by atoms with E-state index in [1.165, 1.54) is 11.8 Å². The van der Waals surface area contributed by atoms with Crippen molar-refractivity contribution in [3.8, 4) is 0 Å². The number of esters is 1. The molecule has 1 aliphatic rings. The molecule has 2 rings (SSSR count).